The summed E-state index contributed by atoms with van der Waals surface area (Å²) < 4.78 is 33.7. The van der Waals surface area contributed by atoms with Crippen molar-refractivity contribution in [1.29, 1.82) is 0 Å². The first kappa shape index (κ1) is 18.0. The van der Waals surface area contributed by atoms with Gasteiger partial charge in [-0.2, -0.15) is 8.78 Å². The van der Waals surface area contributed by atoms with Gasteiger partial charge in [0.15, 0.2) is 5.78 Å². The summed E-state index contributed by atoms with van der Waals surface area (Å²) in [5.41, 5.74) is 1.22. The molecule has 0 aliphatic heterocycles. The fourth-order valence-corrected chi connectivity index (χ4v) is 2.57. The van der Waals surface area contributed by atoms with Crippen molar-refractivity contribution >= 4 is 23.6 Å². The molecule has 3 nitrogen and oxygen atoms in total. The summed E-state index contributed by atoms with van der Waals surface area (Å²) in [6, 6.07) is 11.3. The van der Waals surface area contributed by atoms with Crippen LogP contribution in [0.2, 0.25) is 0 Å². The Bertz CT molecular complexity index is 728. The Hall–Kier alpha value is -2.34. The van der Waals surface area contributed by atoms with Gasteiger partial charge in [-0.15, -0.1) is 11.8 Å². The lowest BCUT2D eigenvalue weighted by atomic mass is 10.1. The van der Waals surface area contributed by atoms with Crippen LogP contribution in [0.15, 0.2) is 53.4 Å². The van der Waals surface area contributed by atoms with E-state index in [0.717, 1.165) is 4.90 Å². The predicted octanol–water partition coefficient (Wildman–Crippen LogP) is 4.91. The van der Waals surface area contributed by atoms with Gasteiger partial charge in [0.1, 0.15) is 11.5 Å². The number of thioether (sulfide) groups is 1. The lowest BCUT2D eigenvalue weighted by Gasteiger charge is -2.07. The first-order valence-electron chi connectivity index (χ1n) is 7.03. The van der Waals surface area contributed by atoms with E-state index in [1.807, 2.05) is 12.3 Å². The Balaban J connectivity index is 2.10. The molecular formula is C18H16F2O3S. The minimum absolute atomic E-state index is 0.0749. The van der Waals surface area contributed by atoms with Crippen LogP contribution < -0.4 is 9.47 Å². The predicted molar refractivity (Wildman–Crippen MR) is 91.2 cm³/mol. The first-order chi connectivity index (χ1) is 11.5. The van der Waals surface area contributed by atoms with E-state index in [-0.39, 0.29) is 11.5 Å². The van der Waals surface area contributed by atoms with Crippen molar-refractivity contribution < 1.29 is 23.0 Å². The standard InChI is InChI=1S/C18H16F2O3S/c1-22-16-11-13(6-10-17(16)24-2)15(21)9-5-12-3-7-14(8-4-12)23-18(19)20/h3-11,18H,1-2H3. The smallest absolute Gasteiger partial charge is 0.387 e. The molecule has 0 saturated carbocycles. The maximum atomic E-state index is 12.2. The van der Waals surface area contributed by atoms with Crippen molar-refractivity contribution in [3.8, 4) is 11.5 Å². The van der Waals surface area contributed by atoms with Crippen LogP contribution in [0.3, 0.4) is 0 Å². The van der Waals surface area contributed by atoms with E-state index in [0.29, 0.717) is 16.9 Å². The van der Waals surface area contributed by atoms with Gasteiger partial charge >= 0.3 is 6.61 Å². The average Bonchev–Trinajstić information content (AvgIpc) is 2.59. The average molecular weight is 350 g/mol. The third-order valence-electron chi connectivity index (χ3n) is 3.20. The Morgan fingerprint density at radius 3 is 2.46 bits per heavy atom. The second-order valence-electron chi connectivity index (χ2n) is 4.71. The summed E-state index contributed by atoms with van der Waals surface area (Å²) in [6.07, 6.45) is 4.97. The highest BCUT2D eigenvalue weighted by Gasteiger charge is 2.08. The number of ketones is 1. The quantitative estimate of drug-likeness (QED) is 0.404. The van der Waals surface area contributed by atoms with Crippen LogP contribution in [-0.4, -0.2) is 25.8 Å². The van der Waals surface area contributed by atoms with Crippen LogP contribution in [-0.2, 0) is 0 Å². The Kier molecular flexibility index (Phi) is 6.37. The number of alkyl halides is 2. The van der Waals surface area contributed by atoms with Crippen molar-refractivity contribution in [2.75, 3.05) is 13.4 Å². The summed E-state index contributed by atoms with van der Waals surface area (Å²) in [4.78, 5) is 13.2. The number of benzene rings is 2. The lowest BCUT2D eigenvalue weighted by Crippen LogP contribution is -2.01. The zero-order valence-electron chi connectivity index (χ0n) is 13.2. The number of allylic oxidation sites excluding steroid dienone is 1. The summed E-state index contributed by atoms with van der Waals surface area (Å²) in [5.74, 6) is 0.551. The molecule has 0 amide bonds. The molecule has 0 aliphatic rings. The topological polar surface area (TPSA) is 35.5 Å². The summed E-state index contributed by atoms with van der Waals surface area (Å²) in [7, 11) is 1.56. The molecule has 0 heterocycles. The van der Waals surface area contributed by atoms with Crippen molar-refractivity contribution in [2.24, 2.45) is 0 Å². The molecule has 2 aromatic carbocycles. The van der Waals surface area contributed by atoms with Crippen molar-refractivity contribution in [3.05, 3.63) is 59.7 Å². The third-order valence-corrected chi connectivity index (χ3v) is 3.98. The number of hydrogen-bond donors (Lipinski definition) is 0. The fourth-order valence-electron chi connectivity index (χ4n) is 2.02. The zero-order valence-corrected chi connectivity index (χ0v) is 14.0. The van der Waals surface area contributed by atoms with E-state index < -0.39 is 6.61 Å². The second kappa shape index (κ2) is 8.49. The van der Waals surface area contributed by atoms with Gasteiger partial charge < -0.3 is 9.47 Å². The molecule has 0 bridgehead atoms. The van der Waals surface area contributed by atoms with Crippen molar-refractivity contribution in [3.63, 3.8) is 0 Å². The number of hydrogen-bond acceptors (Lipinski definition) is 4. The van der Waals surface area contributed by atoms with Crippen molar-refractivity contribution in [2.45, 2.75) is 11.5 Å². The minimum atomic E-state index is -2.85. The number of rotatable bonds is 7. The van der Waals surface area contributed by atoms with E-state index >= 15 is 0 Å². The van der Waals surface area contributed by atoms with Crippen LogP contribution in [0.4, 0.5) is 8.78 Å². The molecule has 0 N–H and O–H groups in total. The summed E-state index contributed by atoms with van der Waals surface area (Å²) in [5, 5.41) is 0. The monoisotopic (exact) mass is 350 g/mol. The van der Waals surface area contributed by atoms with E-state index in [4.69, 9.17) is 4.74 Å². The second-order valence-corrected chi connectivity index (χ2v) is 5.56. The first-order valence-corrected chi connectivity index (χ1v) is 8.25. The molecule has 2 rings (SSSR count). The van der Waals surface area contributed by atoms with Gasteiger partial charge in [-0.1, -0.05) is 18.2 Å². The van der Waals surface area contributed by atoms with Crippen LogP contribution in [0, 0.1) is 0 Å². The zero-order chi connectivity index (χ0) is 17.5. The van der Waals surface area contributed by atoms with E-state index in [1.54, 1.807) is 37.5 Å². The highest BCUT2D eigenvalue weighted by molar-refractivity contribution is 7.98. The molecule has 126 valence electrons. The Morgan fingerprint density at radius 2 is 1.88 bits per heavy atom. The van der Waals surface area contributed by atoms with Crippen LogP contribution in [0.1, 0.15) is 15.9 Å². The Morgan fingerprint density at radius 1 is 1.17 bits per heavy atom. The normalized spacial score (nSPS) is 11.0. The largest absolute Gasteiger partial charge is 0.496 e. The molecule has 0 aliphatic carbocycles. The molecule has 6 heteroatoms. The maximum absolute atomic E-state index is 12.2. The van der Waals surface area contributed by atoms with Gasteiger partial charge in [-0.3, -0.25) is 4.79 Å². The van der Waals surface area contributed by atoms with E-state index in [2.05, 4.69) is 4.74 Å². The molecule has 0 radical (unpaired) electrons. The van der Waals surface area contributed by atoms with Gasteiger partial charge in [-0.25, -0.2) is 0 Å². The molecule has 0 atom stereocenters. The third kappa shape index (κ3) is 4.83. The molecular weight excluding hydrogens is 334 g/mol. The summed E-state index contributed by atoms with van der Waals surface area (Å²) >= 11 is 1.54. The molecule has 0 fully saturated rings. The number of halogens is 2. The van der Waals surface area contributed by atoms with E-state index in [9.17, 15) is 13.6 Å². The van der Waals surface area contributed by atoms with Gasteiger partial charge in [0.25, 0.3) is 0 Å². The molecule has 0 spiro atoms. The van der Waals surface area contributed by atoms with Crippen LogP contribution in [0.25, 0.3) is 6.08 Å². The minimum Gasteiger partial charge on any atom is -0.496 e. The highest BCUT2D eigenvalue weighted by atomic mass is 32.2. The highest BCUT2D eigenvalue weighted by Crippen LogP contribution is 2.28. The molecule has 2 aromatic rings. The maximum Gasteiger partial charge on any atom is 0.387 e. The molecule has 24 heavy (non-hydrogen) atoms. The molecule has 0 unspecified atom stereocenters. The van der Waals surface area contributed by atoms with E-state index in [1.165, 1.54) is 30.0 Å². The van der Waals surface area contributed by atoms with Gasteiger partial charge in [0, 0.05) is 10.5 Å². The number of carbonyl (C=O) groups excluding carboxylic acids is 1. The molecule has 0 aromatic heterocycles. The number of carbonyl (C=O) groups is 1. The van der Waals surface area contributed by atoms with Crippen LogP contribution >= 0.6 is 11.8 Å². The Labute approximate surface area is 143 Å². The van der Waals surface area contributed by atoms with Crippen molar-refractivity contribution in [1.82, 2.24) is 0 Å². The molecule has 0 saturated heterocycles. The van der Waals surface area contributed by atoms with Gasteiger partial charge in [0.05, 0.1) is 7.11 Å². The lowest BCUT2D eigenvalue weighted by molar-refractivity contribution is -0.0498. The van der Waals surface area contributed by atoms with Gasteiger partial charge in [-0.05, 0) is 48.2 Å². The fraction of sp³-hybridized carbons (Fsp3) is 0.167. The van der Waals surface area contributed by atoms with Gasteiger partial charge in [0.2, 0.25) is 0 Å². The SMILES string of the molecule is COc1cc(C(=O)C=Cc2ccc(OC(F)F)cc2)ccc1SC. The number of ether oxygens (including phenoxy) is 2. The number of methoxy groups -OCH3 is 1. The van der Waals surface area contributed by atoms with Crippen LogP contribution in [0.5, 0.6) is 11.5 Å². The summed E-state index contributed by atoms with van der Waals surface area (Å²) in [6.45, 7) is -2.85.